The summed E-state index contributed by atoms with van der Waals surface area (Å²) in [5.41, 5.74) is 1.05. The maximum Gasteiger partial charge on any atom is 0.213 e. The lowest BCUT2D eigenvalue weighted by atomic mass is 10.2. The highest BCUT2D eigenvalue weighted by atomic mass is 35.5. The van der Waals surface area contributed by atoms with Crippen molar-refractivity contribution in [3.8, 4) is 5.88 Å². The summed E-state index contributed by atoms with van der Waals surface area (Å²) in [6, 6.07) is 2.59. The Bertz CT molecular complexity index is 417. The second kappa shape index (κ2) is 5.43. The Hall–Kier alpha value is -0.840. The lowest BCUT2D eigenvalue weighted by Crippen LogP contribution is -2.18. The summed E-state index contributed by atoms with van der Waals surface area (Å²) in [6.07, 6.45) is 5.26. The van der Waals surface area contributed by atoms with Crippen molar-refractivity contribution in [2.75, 3.05) is 13.2 Å². The third-order valence-corrected chi connectivity index (χ3v) is 3.58. The molecule has 5 heteroatoms. The van der Waals surface area contributed by atoms with Crippen LogP contribution in [0.4, 0.5) is 0 Å². The van der Waals surface area contributed by atoms with Gasteiger partial charge in [-0.1, -0.05) is 11.6 Å². The molecule has 1 unspecified atom stereocenters. The van der Waals surface area contributed by atoms with Crippen molar-refractivity contribution < 1.29 is 9.47 Å². The van der Waals surface area contributed by atoms with Gasteiger partial charge >= 0.3 is 0 Å². The van der Waals surface area contributed by atoms with E-state index in [4.69, 9.17) is 21.1 Å². The van der Waals surface area contributed by atoms with Gasteiger partial charge in [-0.05, 0) is 18.4 Å². The van der Waals surface area contributed by atoms with E-state index in [9.17, 15) is 0 Å². The summed E-state index contributed by atoms with van der Waals surface area (Å²) in [6.45, 7) is 2.21. The third-order valence-electron chi connectivity index (χ3n) is 3.24. The van der Waals surface area contributed by atoms with E-state index in [1.54, 1.807) is 6.20 Å². The molecule has 1 N–H and O–H groups in total. The van der Waals surface area contributed by atoms with Crippen LogP contribution in [0.2, 0.25) is 5.02 Å². The zero-order chi connectivity index (χ0) is 12.4. The molecule has 0 aromatic carbocycles. The molecule has 1 aromatic rings. The second-order valence-corrected chi connectivity index (χ2v) is 5.28. The first-order valence-electron chi connectivity index (χ1n) is 6.43. The fourth-order valence-corrected chi connectivity index (χ4v) is 2.15. The Morgan fingerprint density at radius 2 is 2.33 bits per heavy atom. The number of ether oxygens (including phenoxy) is 2. The van der Waals surface area contributed by atoms with Gasteiger partial charge in [-0.2, -0.15) is 0 Å². The van der Waals surface area contributed by atoms with E-state index in [0.717, 1.165) is 25.1 Å². The lowest BCUT2D eigenvalue weighted by molar-refractivity contribution is 0.138. The quantitative estimate of drug-likeness (QED) is 0.889. The van der Waals surface area contributed by atoms with Gasteiger partial charge in [0.05, 0.1) is 18.2 Å². The molecule has 2 heterocycles. The first-order valence-corrected chi connectivity index (χ1v) is 6.81. The van der Waals surface area contributed by atoms with Crippen LogP contribution in [0.15, 0.2) is 12.3 Å². The molecule has 2 aliphatic rings. The minimum absolute atomic E-state index is 0.128. The monoisotopic (exact) mass is 268 g/mol. The van der Waals surface area contributed by atoms with E-state index in [2.05, 4.69) is 10.3 Å². The van der Waals surface area contributed by atoms with Gasteiger partial charge < -0.3 is 14.8 Å². The van der Waals surface area contributed by atoms with Crippen LogP contribution in [0.25, 0.3) is 0 Å². The molecule has 1 saturated heterocycles. The van der Waals surface area contributed by atoms with Gasteiger partial charge in [0.15, 0.2) is 0 Å². The number of nitrogens with zero attached hydrogens (tertiary/aromatic N) is 1. The molecule has 3 rings (SSSR count). The molecule has 1 aliphatic carbocycles. The smallest absolute Gasteiger partial charge is 0.213 e. The molecular weight excluding hydrogens is 252 g/mol. The van der Waals surface area contributed by atoms with Crippen molar-refractivity contribution >= 4 is 11.6 Å². The van der Waals surface area contributed by atoms with Crippen LogP contribution >= 0.6 is 11.6 Å². The van der Waals surface area contributed by atoms with Crippen LogP contribution in [0, 0.1) is 0 Å². The molecule has 1 aliphatic heterocycles. The van der Waals surface area contributed by atoms with Crippen LogP contribution in [0.3, 0.4) is 0 Å². The molecule has 1 atom stereocenters. The molecule has 0 amide bonds. The first-order chi connectivity index (χ1) is 8.81. The highest BCUT2D eigenvalue weighted by Crippen LogP contribution is 2.24. The average Bonchev–Trinajstić information content (AvgIpc) is 3.07. The number of aromatic nitrogens is 1. The Kier molecular flexibility index (Phi) is 3.68. The summed E-state index contributed by atoms with van der Waals surface area (Å²) in [5.74, 6) is 0.641. The van der Waals surface area contributed by atoms with Gasteiger partial charge in [-0.15, -0.1) is 0 Å². The van der Waals surface area contributed by atoms with Gasteiger partial charge in [0.2, 0.25) is 5.88 Å². The number of hydrogen-bond donors (Lipinski definition) is 1. The minimum Gasteiger partial charge on any atom is -0.472 e. The van der Waals surface area contributed by atoms with Gasteiger partial charge in [-0.3, -0.25) is 0 Å². The summed E-state index contributed by atoms with van der Waals surface area (Å²) in [4.78, 5) is 4.21. The van der Waals surface area contributed by atoms with E-state index in [1.807, 2.05) is 6.07 Å². The molecule has 0 bridgehead atoms. The van der Waals surface area contributed by atoms with Crippen LogP contribution in [0.5, 0.6) is 5.88 Å². The molecule has 0 radical (unpaired) electrons. The van der Waals surface area contributed by atoms with Crippen LogP contribution in [-0.2, 0) is 11.3 Å². The SMILES string of the molecule is Clc1cnc(OC2CCOC2)cc1CNC1CC1. The molecule has 0 spiro atoms. The van der Waals surface area contributed by atoms with Gasteiger partial charge in [0.25, 0.3) is 0 Å². The Morgan fingerprint density at radius 1 is 1.44 bits per heavy atom. The fourth-order valence-electron chi connectivity index (χ4n) is 1.98. The highest BCUT2D eigenvalue weighted by molar-refractivity contribution is 6.31. The zero-order valence-electron chi connectivity index (χ0n) is 10.2. The Balaban J connectivity index is 1.63. The zero-order valence-corrected chi connectivity index (χ0v) is 10.9. The van der Waals surface area contributed by atoms with Crippen molar-refractivity contribution in [3.05, 3.63) is 22.8 Å². The van der Waals surface area contributed by atoms with E-state index in [0.29, 0.717) is 23.6 Å². The predicted molar refractivity (Wildman–Crippen MR) is 69.0 cm³/mol. The largest absolute Gasteiger partial charge is 0.472 e. The standard InChI is InChI=1S/C13H17ClN2O2/c14-12-7-16-13(18-11-3-4-17-8-11)5-9(12)6-15-10-1-2-10/h5,7,10-11,15H,1-4,6,8H2. The first kappa shape index (κ1) is 12.2. The number of pyridine rings is 1. The van der Waals surface area contributed by atoms with Crippen LogP contribution < -0.4 is 10.1 Å². The van der Waals surface area contributed by atoms with Crippen molar-refractivity contribution in [3.63, 3.8) is 0 Å². The number of halogens is 1. The molecule has 1 saturated carbocycles. The molecule has 1 aromatic heterocycles. The second-order valence-electron chi connectivity index (χ2n) is 4.87. The van der Waals surface area contributed by atoms with E-state index >= 15 is 0 Å². The summed E-state index contributed by atoms with van der Waals surface area (Å²) in [5, 5.41) is 4.13. The predicted octanol–water partition coefficient (Wildman–Crippen LogP) is 2.15. The summed E-state index contributed by atoms with van der Waals surface area (Å²) in [7, 11) is 0. The van der Waals surface area contributed by atoms with E-state index in [1.165, 1.54) is 12.8 Å². The van der Waals surface area contributed by atoms with Crippen molar-refractivity contribution in [2.45, 2.75) is 38.0 Å². The van der Waals surface area contributed by atoms with Gasteiger partial charge in [0.1, 0.15) is 6.10 Å². The molecular formula is C13H17ClN2O2. The van der Waals surface area contributed by atoms with E-state index < -0.39 is 0 Å². The van der Waals surface area contributed by atoms with Gasteiger partial charge in [0, 0.05) is 31.3 Å². The summed E-state index contributed by atoms with van der Waals surface area (Å²) >= 11 is 6.13. The van der Waals surface area contributed by atoms with E-state index in [-0.39, 0.29) is 6.10 Å². The normalized spacial score (nSPS) is 23.3. The topological polar surface area (TPSA) is 43.4 Å². The van der Waals surface area contributed by atoms with Crippen molar-refractivity contribution in [1.29, 1.82) is 0 Å². The number of hydrogen-bond acceptors (Lipinski definition) is 4. The van der Waals surface area contributed by atoms with Gasteiger partial charge in [-0.25, -0.2) is 4.98 Å². The molecule has 2 fully saturated rings. The molecule has 4 nitrogen and oxygen atoms in total. The van der Waals surface area contributed by atoms with Crippen molar-refractivity contribution in [1.82, 2.24) is 10.3 Å². The molecule has 98 valence electrons. The molecule has 18 heavy (non-hydrogen) atoms. The number of rotatable bonds is 5. The maximum absolute atomic E-state index is 6.13. The Labute approximate surface area is 112 Å². The Morgan fingerprint density at radius 3 is 3.06 bits per heavy atom. The minimum atomic E-state index is 0.128. The highest BCUT2D eigenvalue weighted by Gasteiger charge is 2.21. The van der Waals surface area contributed by atoms with Crippen molar-refractivity contribution in [2.24, 2.45) is 0 Å². The maximum atomic E-state index is 6.13. The fraction of sp³-hybridized carbons (Fsp3) is 0.615. The van der Waals surface area contributed by atoms with Crippen LogP contribution in [-0.4, -0.2) is 30.3 Å². The third kappa shape index (κ3) is 3.13. The average molecular weight is 269 g/mol. The lowest BCUT2D eigenvalue weighted by Gasteiger charge is -2.12. The number of nitrogens with one attached hydrogen (secondary N) is 1. The summed E-state index contributed by atoms with van der Waals surface area (Å²) < 4.78 is 11.1. The van der Waals surface area contributed by atoms with Crippen LogP contribution in [0.1, 0.15) is 24.8 Å².